The predicted molar refractivity (Wildman–Crippen MR) is 109 cm³/mol. The molecule has 2 amide bonds. The van der Waals surface area contributed by atoms with Crippen LogP contribution in [0.2, 0.25) is 0 Å². The summed E-state index contributed by atoms with van der Waals surface area (Å²) in [5.41, 5.74) is 4.71. The Hall–Kier alpha value is -3.45. The van der Waals surface area contributed by atoms with Gasteiger partial charge in [-0.3, -0.25) is 10.1 Å². The maximum atomic E-state index is 12.3. The number of nitrogens with zero attached hydrogens (tertiary/aromatic N) is 3. The number of aryl methyl sites for hydroxylation is 1. The van der Waals surface area contributed by atoms with Crippen molar-refractivity contribution in [1.82, 2.24) is 9.80 Å². The van der Waals surface area contributed by atoms with E-state index in [0.717, 1.165) is 11.5 Å². The zero-order valence-corrected chi connectivity index (χ0v) is 17.3. The third-order valence-electron chi connectivity index (χ3n) is 3.71. The van der Waals surface area contributed by atoms with E-state index in [4.69, 9.17) is 14.7 Å². The van der Waals surface area contributed by atoms with Crippen LogP contribution in [-0.2, 0) is 9.53 Å². The van der Waals surface area contributed by atoms with Crippen LogP contribution in [0.5, 0.6) is 5.75 Å². The fourth-order valence-electron chi connectivity index (χ4n) is 2.29. The van der Waals surface area contributed by atoms with Gasteiger partial charge in [0.2, 0.25) is 0 Å². The van der Waals surface area contributed by atoms with Gasteiger partial charge in [0.25, 0.3) is 5.91 Å². The van der Waals surface area contributed by atoms with Crippen molar-refractivity contribution in [2.75, 3.05) is 11.9 Å². The SMILES string of the molecule is CCOC(=O)Nc1snc(C)c1/C(C)=N/NC(=O)[C@H](C)Oc1ccc(C#N)cc1. The maximum Gasteiger partial charge on any atom is 0.412 e. The zero-order chi connectivity index (χ0) is 21.4. The first kappa shape index (κ1) is 21.8. The summed E-state index contributed by atoms with van der Waals surface area (Å²) in [5, 5.41) is 16.0. The first-order valence-electron chi connectivity index (χ1n) is 8.77. The molecule has 2 aromatic rings. The first-order valence-corrected chi connectivity index (χ1v) is 9.54. The van der Waals surface area contributed by atoms with Gasteiger partial charge in [-0.05, 0) is 63.5 Å². The smallest absolute Gasteiger partial charge is 0.412 e. The summed E-state index contributed by atoms with van der Waals surface area (Å²) in [6.07, 6.45) is -1.39. The summed E-state index contributed by atoms with van der Waals surface area (Å²) >= 11 is 1.10. The quantitative estimate of drug-likeness (QED) is 0.528. The molecule has 10 heteroatoms. The summed E-state index contributed by atoms with van der Waals surface area (Å²) in [7, 11) is 0. The fraction of sp³-hybridized carbons (Fsp3) is 0.316. The lowest BCUT2D eigenvalue weighted by Crippen LogP contribution is -2.34. The van der Waals surface area contributed by atoms with Crippen LogP contribution in [0.15, 0.2) is 29.4 Å². The van der Waals surface area contributed by atoms with E-state index in [2.05, 4.69) is 20.2 Å². The van der Waals surface area contributed by atoms with Crippen LogP contribution in [0.1, 0.15) is 37.6 Å². The van der Waals surface area contributed by atoms with Crippen molar-refractivity contribution < 1.29 is 19.1 Å². The second-order valence-electron chi connectivity index (χ2n) is 5.89. The minimum atomic E-state index is -0.807. The minimum absolute atomic E-state index is 0.249. The van der Waals surface area contributed by atoms with Crippen LogP contribution in [-0.4, -0.2) is 34.8 Å². The Morgan fingerprint density at radius 2 is 2.03 bits per heavy atom. The number of ether oxygens (including phenoxy) is 2. The first-order chi connectivity index (χ1) is 13.8. The van der Waals surface area contributed by atoms with Gasteiger partial charge in [0.05, 0.1) is 35.2 Å². The molecule has 0 aliphatic heterocycles. The van der Waals surface area contributed by atoms with Crippen LogP contribution in [0.4, 0.5) is 9.80 Å². The van der Waals surface area contributed by atoms with Gasteiger partial charge in [0.1, 0.15) is 10.8 Å². The summed E-state index contributed by atoms with van der Waals surface area (Å²) in [6, 6.07) is 8.45. The lowest BCUT2D eigenvalue weighted by atomic mass is 10.2. The Bertz CT molecular complexity index is 946. The van der Waals surface area contributed by atoms with Crippen molar-refractivity contribution in [3.8, 4) is 11.8 Å². The Balaban J connectivity index is 2.03. The molecule has 0 radical (unpaired) electrons. The van der Waals surface area contributed by atoms with E-state index in [1.807, 2.05) is 6.07 Å². The number of amides is 2. The number of carbonyl (C=O) groups is 2. The molecule has 1 atom stereocenters. The van der Waals surface area contributed by atoms with Gasteiger partial charge >= 0.3 is 6.09 Å². The minimum Gasteiger partial charge on any atom is -0.481 e. The monoisotopic (exact) mass is 415 g/mol. The molecule has 0 saturated heterocycles. The fourth-order valence-corrected chi connectivity index (χ4v) is 3.13. The van der Waals surface area contributed by atoms with Crippen LogP contribution in [0.3, 0.4) is 0 Å². The number of carbonyl (C=O) groups excluding carboxylic acids is 2. The lowest BCUT2D eigenvalue weighted by molar-refractivity contribution is -0.127. The van der Waals surface area contributed by atoms with E-state index < -0.39 is 18.1 Å². The van der Waals surface area contributed by atoms with Crippen LogP contribution >= 0.6 is 11.5 Å². The van der Waals surface area contributed by atoms with Gasteiger partial charge in [0.15, 0.2) is 6.10 Å². The summed E-state index contributed by atoms with van der Waals surface area (Å²) in [4.78, 5) is 23.9. The van der Waals surface area contributed by atoms with E-state index in [-0.39, 0.29) is 6.61 Å². The molecule has 1 heterocycles. The van der Waals surface area contributed by atoms with E-state index in [1.54, 1.807) is 52.0 Å². The number of nitrogens with one attached hydrogen (secondary N) is 2. The molecule has 152 valence electrons. The highest BCUT2D eigenvalue weighted by atomic mass is 32.1. The van der Waals surface area contributed by atoms with Crippen molar-refractivity contribution >= 4 is 34.2 Å². The normalized spacial score (nSPS) is 11.9. The number of nitriles is 1. The largest absolute Gasteiger partial charge is 0.481 e. The van der Waals surface area contributed by atoms with Crippen LogP contribution in [0, 0.1) is 18.3 Å². The number of hydrazone groups is 1. The van der Waals surface area contributed by atoms with Gasteiger partial charge in [-0.2, -0.15) is 14.7 Å². The Labute approximate surface area is 172 Å². The topological polar surface area (TPSA) is 126 Å². The molecule has 0 unspecified atom stereocenters. The second kappa shape index (κ2) is 10.2. The third-order valence-corrected chi connectivity index (χ3v) is 4.57. The number of aromatic nitrogens is 1. The molecule has 1 aromatic heterocycles. The van der Waals surface area contributed by atoms with E-state index in [0.29, 0.717) is 33.3 Å². The third kappa shape index (κ3) is 6.02. The van der Waals surface area contributed by atoms with Crippen molar-refractivity contribution in [2.24, 2.45) is 5.10 Å². The van der Waals surface area contributed by atoms with Gasteiger partial charge in [-0.1, -0.05) is 0 Å². The van der Waals surface area contributed by atoms with Crippen molar-refractivity contribution in [3.63, 3.8) is 0 Å². The van der Waals surface area contributed by atoms with Crippen molar-refractivity contribution in [2.45, 2.75) is 33.8 Å². The lowest BCUT2D eigenvalue weighted by Gasteiger charge is -2.13. The molecule has 9 nitrogen and oxygen atoms in total. The molecular weight excluding hydrogens is 394 g/mol. The highest BCUT2D eigenvalue weighted by Gasteiger charge is 2.18. The zero-order valence-electron chi connectivity index (χ0n) is 16.5. The molecule has 0 aliphatic carbocycles. The predicted octanol–water partition coefficient (Wildman–Crippen LogP) is 3.20. The molecular formula is C19H21N5O4S. The number of rotatable bonds is 7. The molecule has 2 N–H and O–H groups in total. The molecule has 1 aromatic carbocycles. The number of hydrogen-bond acceptors (Lipinski definition) is 8. The molecule has 0 spiro atoms. The molecule has 0 fully saturated rings. The summed E-state index contributed by atoms with van der Waals surface area (Å²) in [6.45, 7) is 7.02. The Morgan fingerprint density at radius 1 is 1.34 bits per heavy atom. The molecule has 2 rings (SSSR count). The molecule has 29 heavy (non-hydrogen) atoms. The van der Waals surface area contributed by atoms with Crippen LogP contribution in [0.25, 0.3) is 0 Å². The Kier molecular flexibility index (Phi) is 7.68. The highest BCUT2D eigenvalue weighted by Crippen LogP contribution is 2.25. The molecule has 0 bridgehead atoms. The number of hydrogen-bond donors (Lipinski definition) is 2. The molecule has 0 saturated carbocycles. The summed E-state index contributed by atoms with van der Waals surface area (Å²) in [5.74, 6) is 0.0145. The van der Waals surface area contributed by atoms with E-state index in [1.165, 1.54) is 0 Å². The highest BCUT2D eigenvalue weighted by molar-refractivity contribution is 7.11. The van der Waals surface area contributed by atoms with Crippen molar-refractivity contribution in [1.29, 1.82) is 5.26 Å². The van der Waals surface area contributed by atoms with E-state index >= 15 is 0 Å². The van der Waals surface area contributed by atoms with E-state index in [9.17, 15) is 9.59 Å². The van der Waals surface area contributed by atoms with Gasteiger partial charge < -0.3 is 9.47 Å². The number of anilines is 1. The van der Waals surface area contributed by atoms with Gasteiger partial charge in [-0.15, -0.1) is 0 Å². The average Bonchev–Trinajstić information content (AvgIpc) is 3.06. The average molecular weight is 415 g/mol. The van der Waals surface area contributed by atoms with Crippen LogP contribution < -0.4 is 15.5 Å². The summed E-state index contributed by atoms with van der Waals surface area (Å²) < 4.78 is 14.6. The van der Waals surface area contributed by atoms with Crippen molar-refractivity contribution in [3.05, 3.63) is 41.1 Å². The van der Waals surface area contributed by atoms with Gasteiger partial charge in [0, 0.05) is 0 Å². The number of benzene rings is 1. The van der Waals surface area contributed by atoms with Gasteiger partial charge in [-0.25, -0.2) is 10.2 Å². The molecule has 0 aliphatic rings. The second-order valence-corrected chi connectivity index (χ2v) is 6.66. The standard InChI is InChI=1S/C19H21N5O4S/c1-5-27-19(26)21-18-16(12(3)24-29-18)11(2)22-23-17(25)13(4)28-15-8-6-14(10-20)7-9-15/h6-9,13H,5H2,1-4H3,(H,21,26)(H,23,25)/b22-11+/t13-/m0/s1. The maximum absolute atomic E-state index is 12.3. The Morgan fingerprint density at radius 3 is 2.66 bits per heavy atom.